The molecule has 1 aliphatic carbocycles. The van der Waals surface area contributed by atoms with Crippen LogP contribution < -0.4 is 5.32 Å². The fraction of sp³-hybridized carbons (Fsp3) is 0.375. The normalized spacial score (nSPS) is 17.5. The molecule has 102 valence electrons. The Morgan fingerprint density at radius 3 is 3.15 bits per heavy atom. The van der Waals surface area contributed by atoms with Crippen LogP contribution in [-0.2, 0) is 20.0 Å². The third-order valence-electron chi connectivity index (χ3n) is 4.05. The summed E-state index contributed by atoms with van der Waals surface area (Å²) in [5, 5.41) is 17.1. The van der Waals surface area contributed by atoms with Gasteiger partial charge in [-0.2, -0.15) is 10.4 Å². The van der Waals surface area contributed by atoms with E-state index in [1.54, 1.807) is 0 Å². The van der Waals surface area contributed by atoms with E-state index in [0.29, 0.717) is 6.04 Å². The molecular weight excluding hydrogens is 248 g/mol. The van der Waals surface area contributed by atoms with Gasteiger partial charge in [0.15, 0.2) is 0 Å². The largest absolute Gasteiger partial charge is 0.306 e. The molecule has 0 bridgehead atoms. The molecule has 0 fully saturated rings. The summed E-state index contributed by atoms with van der Waals surface area (Å²) in [4.78, 5) is 0. The number of nitrogens with zero attached hydrogens (tertiary/aromatic N) is 3. The molecule has 0 aliphatic heterocycles. The lowest BCUT2D eigenvalue weighted by atomic mass is 9.92. The average molecular weight is 266 g/mol. The molecule has 1 aliphatic rings. The van der Waals surface area contributed by atoms with Crippen LogP contribution in [0.25, 0.3) is 0 Å². The summed E-state index contributed by atoms with van der Waals surface area (Å²) in [7, 11) is 2.01. The van der Waals surface area contributed by atoms with Gasteiger partial charge >= 0.3 is 0 Å². The number of aryl methyl sites for hydroxylation is 1. The summed E-state index contributed by atoms with van der Waals surface area (Å²) >= 11 is 0. The second kappa shape index (κ2) is 5.48. The summed E-state index contributed by atoms with van der Waals surface area (Å²) in [5.74, 6) is 0. The van der Waals surface area contributed by atoms with Crippen molar-refractivity contribution in [2.45, 2.75) is 31.8 Å². The number of benzene rings is 1. The Morgan fingerprint density at radius 2 is 2.30 bits per heavy atom. The fourth-order valence-corrected chi connectivity index (χ4v) is 2.93. The number of nitrogens with one attached hydrogen (secondary N) is 1. The molecule has 0 saturated carbocycles. The monoisotopic (exact) mass is 266 g/mol. The van der Waals surface area contributed by atoms with E-state index in [1.807, 2.05) is 42.2 Å². The van der Waals surface area contributed by atoms with Crippen molar-refractivity contribution in [3.05, 3.63) is 52.8 Å². The van der Waals surface area contributed by atoms with Gasteiger partial charge in [-0.05, 0) is 30.9 Å². The summed E-state index contributed by atoms with van der Waals surface area (Å²) < 4.78 is 1.98. The first-order valence-corrected chi connectivity index (χ1v) is 7.01. The molecule has 1 N–H and O–H groups in total. The van der Waals surface area contributed by atoms with E-state index in [9.17, 15) is 0 Å². The predicted molar refractivity (Wildman–Crippen MR) is 76.9 cm³/mol. The third-order valence-corrected chi connectivity index (χ3v) is 4.05. The Morgan fingerprint density at radius 1 is 1.45 bits per heavy atom. The van der Waals surface area contributed by atoms with Crippen molar-refractivity contribution in [1.29, 1.82) is 5.26 Å². The SMILES string of the molecule is Cn1ncc2c1CCCC2NCc1ccccc1C#N. The Hall–Kier alpha value is -2.12. The molecule has 20 heavy (non-hydrogen) atoms. The van der Waals surface area contributed by atoms with Gasteiger partial charge < -0.3 is 5.32 Å². The smallest absolute Gasteiger partial charge is 0.0995 e. The van der Waals surface area contributed by atoms with Gasteiger partial charge in [0.1, 0.15) is 0 Å². The predicted octanol–water partition coefficient (Wildman–Crippen LogP) is 2.46. The molecule has 1 unspecified atom stereocenters. The van der Waals surface area contributed by atoms with Crippen molar-refractivity contribution in [3.63, 3.8) is 0 Å². The van der Waals surface area contributed by atoms with Crippen LogP contribution in [0.4, 0.5) is 0 Å². The molecular formula is C16H18N4. The maximum atomic E-state index is 9.13. The standard InChI is InChI=1S/C16H18N4/c1-20-16-8-4-7-15(14(16)11-19-20)18-10-13-6-3-2-5-12(13)9-17/h2-3,5-6,11,15,18H,4,7-8,10H2,1H3. The van der Waals surface area contributed by atoms with E-state index in [1.165, 1.54) is 17.7 Å². The van der Waals surface area contributed by atoms with Crippen molar-refractivity contribution in [2.24, 2.45) is 7.05 Å². The minimum atomic E-state index is 0.346. The molecule has 1 heterocycles. The Kier molecular flexibility index (Phi) is 3.53. The highest BCUT2D eigenvalue weighted by molar-refractivity contribution is 5.37. The van der Waals surface area contributed by atoms with Crippen molar-refractivity contribution in [3.8, 4) is 6.07 Å². The first kappa shape index (κ1) is 12.9. The van der Waals surface area contributed by atoms with E-state index >= 15 is 0 Å². The van der Waals surface area contributed by atoms with Crippen molar-refractivity contribution in [2.75, 3.05) is 0 Å². The van der Waals surface area contributed by atoms with Gasteiger partial charge in [0.25, 0.3) is 0 Å². The summed E-state index contributed by atoms with van der Waals surface area (Å²) in [6, 6.07) is 10.4. The van der Waals surface area contributed by atoms with Crippen molar-refractivity contribution >= 4 is 0 Å². The zero-order chi connectivity index (χ0) is 13.9. The second-order valence-corrected chi connectivity index (χ2v) is 5.26. The number of hydrogen-bond donors (Lipinski definition) is 1. The van der Waals surface area contributed by atoms with Gasteiger partial charge in [-0.1, -0.05) is 18.2 Å². The van der Waals surface area contributed by atoms with Crippen LogP contribution in [-0.4, -0.2) is 9.78 Å². The number of hydrogen-bond acceptors (Lipinski definition) is 3. The zero-order valence-corrected chi connectivity index (χ0v) is 11.6. The van der Waals surface area contributed by atoms with Gasteiger partial charge in [-0.15, -0.1) is 0 Å². The Bertz CT molecular complexity index is 651. The number of fused-ring (bicyclic) bond motifs is 1. The molecule has 1 aromatic heterocycles. The van der Waals surface area contributed by atoms with Gasteiger partial charge in [0.05, 0.1) is 17.8 Å². The van der Waals surface area contributed by atoms with Gasteiger partial charge in [0, 0.05) is 30.9 Å². The highest BCUT2D eigenvalue weighted by Crippen LogP contribution is 2.29. The zero-order valence-electron chi connectivity index (χ0n) is 11.6. The molecule has 2 aromatic rings. The van der Waals surface area contributed by atoms with E-state index in [4.69, 9.17) is 5.26 Å². The second-order valence-electron chi connectivity index (χ2n) is 5.26. The molecule has 0 saturated heterocycles. The average Bonchev–Trinajstić information content (AvgIpc) is 2.88. The maximum absolute atomic E-state index is 9.13. The van der Waals surface area contributed by atoms with E-state index in [-0.39, 0.29) is 0 Å². The minimum Gasteiger partial charge on any atom is -0.306 e. The van der Waals surface area contributed by atoms with Crippen LogP contribution >= 0.6 is 0 Å². The van der Waals surface area contributed by atoms with Crippen LogP contribution in [0.15, 0.2) is 30.5 Å². The van der Waals surface area contributed by atoms with Crippen LogP contribution in [0.2, 0.25) is 0 Å². The Balaban J connectivity index is 1.75. The van der Waals surface area contributed by atoms with Gasteiger partial charge in [-0.25, -0.2) is 0 Å². The molecule has 0 amide bonds. The van der Waals surface area contributed by atoms with E-state index in [0.717, 1.165) is 30.5 Å². The lowest BCUT2D eigenvalue weighted by Gasteiger charge is -2.24. The highest BCUT2D eigenvalue weighted by atomic mass is 15.3. The minimum absolute atomic E-state index is 0.346. The first-order valence-electron chi connectivity index (χ1n) is 7.01. The number of nitriles is 1. The summed E-state index contributed by atoms with van der Waals surface area (Å²) in [6.07, 6.45) is 5.40. The van der Waals surface area contributed by atoms with Crippen LogP contribution in [0.1, 0.15) is 41.3 Å². The van der Waals surface area contributed by atoms with E-state index < -0.39 is 0 Å². The number of rotatable bonds is 3. The number of aromatic nitrogens is 2. The Labute approximate surface area is 119 Å². The van der Waals surface area contributed by atoms with Crippen LogP contribution in [0.3, 0.4) is 0 Å². The van der Waals surface area contributed by atoms with E-state index in [2.05, 4.69) is 16.5 Å². The van der Waals surface area contributed by atoms with Crippen LogP contribution in [0, 0.1) is 11.3 Å². The quantitative estimate of drug-likeness (QED) is 0.928. The molecule has 0 radical (unpaired) electrons. The molecule has 1 atom stereocenters. The van der Waals surface area contributed by atoms with Gasteiger partial charge in [0.2, 0.25) is 0 Å². The fourth-order valence-electron chi connectivity index (χ4n) is 2.93. The topological polar surface area (TPSA) is 53.6 Å². The first-order chi connectivity index (χ1) is 9.79. The molecule has 0 spiro atoms. The molecule has 3 rings (SSSR count). The van der Waals surface area contributed by atoms with Crippen molar-refractivity contribution < 1.29 is 0 Å². The molecule has 4 nitrogen and oxygen atoms in total. The lowest BCUT2D eigenvalue weighted by Crippen LogP contribution is -2.25. The van der Waals surface area contributed by atoms with Crippen LogP contribution in [0.5, 0.6) is 0 Å². The molecule has 1 aromatic carbocycles. The highest BCUT2D eigenvalue weighted by Gasteiger charge is 2.22. The van der Waals surface area contributed by atoms with Gasteiger partial charge in [-0.3, -0.25) is 4.68 Å². The third kappa shape index (κ3) is 2.33. The summed E-state index contributed by atoms with van der Waals surface area (Å²) in [6.45, 7) is 0.725. The summed E-state index contributed by atoms with van der Waals surface area (Å²) in [5.41, 5.74) is 4.46. The maximum Gasteiger partial charge on any atom is 0.0995 e. The lowest BCUT2D eigenvalue weighted by molar-refractivity contribution is 0.451. The van der Waals surface area contributed by atoms with Crippen molar-refractivity contribution in [1.82, 2.24) is 15.1 Å². The molecule has 4 heteroatoms.